The highest BCUT2D eigenvalue weighted by atomic mass is 35.5. The number of carbonyl (C=O) groups excluding carboxylic acids is 1. The standard InChI is InChI=1S/C24H31ClN6O2/c1-28-6-4-19-20(13-32)21(25)2-3-22(19)33-18-11-24(12-18)14-30(15-24)9-7-29-17-5-8-31(16-26)23(27)10-17/h2-3,5,8,10,13,16,18,26,28H,4,6-7,9,11-12,14-15,27H2,1H3. The number of hydrogen-bond acceptors (Lipinski definition) is 7. The number of pyridine rings is 1. The molecule has 8 nitrogen and oxygen atoms in total. The van der Waals surface area contributed by atoms with Crippen LogP contribution in [0.1, 0.15) is 28.8 Å². The summed E-state index contributed by atoms with van der Waals surface area (Å²) in [5, 5.41) is 11.7. The number of nitrogens with one attached hydrogen (secondary N) is 2. The normalized spacial score (nSPS) is 18.1. The van der Waals surface area contributed by atoms with Crippen molar-refractivity contribution in [3.05, 3.63) is 52.0 Å². The summed E-state index contributed by atoms with van der Waals surface area (Å²) in [5.74, 6) is 1.28. The zero-order valence-corrected chi connectivity index (χ0v) is 19.6. The van der Waals surface area contributed by atoms with Crippen molar-refractivity contribution in [2.75, 3.05) is 45.5 Å². The molecule has 33 heavy (non-hydrogen) atoms. The number of aromatic nitrogens is 1. The average Bonchev–Trinajstić information content (AvgIpc) is 2.75. The van der Waals surface area contributed by atoms with Crippen molar-refractivity contribution in [3.8, 4) is 5.75 Å². The Morgan fingerprint density at radius 3 is 2.82 bits per heavy atom. The Morgan fingerprint density at radius 1 is 1.36 bits per heavy atom. The molecule has 0 bridgehead atoms. The number of nitrogens with two attached hydrogens (primary N) is 1. The molecular weight excluding hydrogens is 440 g/mol. The van der Waals surface area contributed by atoms with Gasteiger partial charge in [-0.3, -0.25) is 19.8 Å². The molecule has 1 aliphatic carbocycles. The number of aldehydes is 1. The summed E-state index contributed by atoms with van der Waals surface area (Å²) >= 11 is 6.22. The van der Waals surface area contributed by atoms with Gasteiger partial charge in [-0.1, -0.05) is 11.6 Å². The molecule has 0 unspecified atom stereocenters. The Kier molecular flexibility index (Phi) is 7.17. The summed E-state index contributed by atoms with van der Waals surface area (Å²) in [5.41, 5.74) is 7.66. The third-order valence-electron chi connectivity index (χ3n) is 6.59. The van der Waals surface area contributed by atoms with E-state index in [0.717, 1.165) is 68.5 Å². The van der Waals surface area contributed by atoms with E-state index in [1.54, 1.807) is 22.9 Å². The number of carbonyl (C=O) groups is 1. The molecule has 2 fully saturated rings. The highest BCUT2D eigenvalue weighted by molar-refractivity contribution is 6.33. The molecule has 0 atom stereocenters. The Balaban J connectivity index is 1.26. The largest absolute Gasteiger partial charge is 0.490 e. The molecule has 0 radical (unpaired) electrons. The predicted octanol–water partition coefficient (Wildman–Crippen LogP) is 2.20. The summed E-state index contributed by atoms with van der Waals surface area (Å²) < 4.78 is 7.84. The lowest BCUT2D eigenvalue weighted by Crippen LogP contribution is -2.64. The van der Waals surface area contributed by atoms with E-state index in [1.807, 2.05) is 19.2 Å². The van der Waals surface area contributed by atoms with Gasteiger partial charge in [-0.25, -0.2) is 0 Å². The summed E-state index contributed by atoms with van der Waals surface area (Å²) in [4.78, 5) is 18.6. The molecule has 1 aromatic carbocycles. The second-order valence-corrected chi connectivity index (χ2v) is 9.40. The molecule has 1 saturated heterocycles. The fourth-order valence-corrected chi connectivity index (χ4v) is 5.12. The molecule has 2 aliphatic rings. The van der Waals surface area contributed by atoms with Crippen LogP contribution in [0.25, 0.3) is 0 Å². The van der Waals surface area contributed by atoms with Crippen LogP contribution in [-0.4, -0.2) is 68.0 Å². The Hall–Kier alpha value is -2.68. The molecule has 176 valence electrons. The Labute approximate surface area is 198 Å². The van der Waals surface area contributed by atoms with E-state index in [4.69, 9.17) is 27.5 Å². The maximum Gasteiger partial charge on any atom is 0.151 e. The monoisotopic (exact) mass is 470 g/mol. The van der Waals surface area contributed by atoms with Crippen molar-refractivity contribution in [2.24, 2.45) is 10.4 Å². The lowest BCUT2D eigenvalue weighted by atomic mass is 9.61. The maximum absolute atomic E-state index is 11.6. The number of anilines is 1. The smallest absolute Gasteiger partial charge is 0.151 e. The minimum absolute atomic E-state index is 0.179. The first-order valence-corrected chi connectivity index (χ1v) is 11.6. The topological polar surface area (TPSA) is 109 Å². The van der Waals surface area contributed by atoms with Crippen LogP contribution in [0.3, 0.4) is 0 Å². The predicted molar refractivity (Wildman–Crippen MR) is 130 cm³/mol. The number of hydrogen-bond donors (Lipinski definition) is 3. The molecule has 2 aromatic rings. The fourth-order valence-electron chi connectivity index (χ4n) is 4.90. The van der Waals surface area contributed by atoms with E-state index in [9.17, 15) is 4.79 Å². The number of benzene rings is 1. The Morgan fingerprint density at radius 2 is 2.15 bits per heavy atom. The number of halogens is 1. The highest BCUT2D eigenvalue weighted by Crippen LogP contribution is 2.49. The van der Waals surface area contributed by atoms with Crippen LogP contribution < -0.4 is 21.1 Å². The van der Waals surface area contributed by atoms with Gasteiger partial charge in [0.1, 0.15) is 11.6 Å². The number of rotatable bonds is 10. The van der Waals surface area contributed by atoms with Crippen LogP contribution >= 0.6 is 11.6 Å². The maximum atomic E-state index is 11.6. The molecule has 4 rings (SSSR count). The number of nitrogen functional groups attached to an aromatic ring is 1. The van der Waals surface area contributed by atoms with Crippen molar-refractivity contribution in [3.63, 3.8) is 0 Å². The van der Waals surface area contributed by atoms with Gasteiger partial charge < -0.3 is 20.7 Å². The average molecular weight is 471 g/mol. The van der Waals surface area contributed by atoms with Crippen LogP contribution in [0.2, 0.25) is 5.02 Å². The molecule has 2 heterocycles. The number of likely N-dealkylation sites (tertiary alicyclic amines) is 1. The Bertz CT molecular complexity index is 1080. The fraction of sp³-hybridized carbons (Fsp3) is 0.458. The van der Waals surface area contributed by atoms with Crippen LogP contribution in [0, 0.1) is 10.8 Å². The third-order valence-corrected chi connectivity index (χ3v) is 6.92. The summed E-state index contributed by atoms with van der Waals surface area (Å²) in [7, 11) is 1.89. The summed E-state index contributed by atoms with van der Waals surface area (Å²) in [6.45, 7) is 4.53. The van der Waals surface area contributed by atoms with Gasteiger partial charge in [0.2, 0.25) is 0 Å². The van der Waals surface area contributed by atoms with Crippen LogP contribution in [0.4, 0.5) is 5.82 Å². The third kappa shape index (κ3) is 5.13. The first-order chi connectivity index (χ1) is 16.0. The summed E-state index contributed by atoms with van der Waals surface area (Å²) in [6.07, 6.45) is 6.69. The molecule has 1 aliphatic heterocycles. The van der Waals surface area contributed by atoms with Gasteiger partial charge in [0, 0.05) is 48.4 Å². The van der Waals surface area contributed by atoms with Gasteiger partial charge in [0.15, 0.2) is 6.29 Å². The lowest BCUT2D eigenvalue weighted by molar-refractivity contribution is -0.117. The molecule has 1 saturated carbocycles. The minimum atomic E-state index is 0.179. The van der Waals surface area contributed by atoms with Gasteiger partial charge in [0.25, 0.3) is 0 Å². The molecule has 9 heteroatoms. The van der Waals surface area contributed by atoms with Crippen molar-refractivity contribution in [2.45, 2.75) is 25.4 Å². The zero-order chi connectivity index (χ0) is 23.4. The quantitative estimate of drug-likeness (QED) is 0.280. The van der Waals surface area contributed by atoms with Crippen molar-refractivity contribution in [1.29, 1.82) is 5.41 Å². The van der Waals surface area contributed by atoms with E-state index >= 15 is 0 Å². The molecule has 0 amide bonds. The molecule has 1 aromatic heterocycles. The van der Waals surface area contributed by atoms with Gasteiger partial charge >= 0.3 is 0 Å². The zero-order valence-electron chi connectivity index (χ0n) is 18.9. The van der Waals surface area contributed by atoms with Gasteiger partial charge in [-0.05, 0) is 51.1 Å². The van der Waals surface area contributed by atoms with Crippen LogP contribution in [0.5, 0.6) is 5.75 Å². The number of ether oxygens (including phenoxy) is 1. The van der Waals surface area contributed by atoms with Crippen LogP contribution in [-0.2, 0) is 6.42 Å². The van der Waals surface area contributed by atoms with Crippen LogP contribution in [0.15, 0.2) is 35.5 Å². The van der Waals surface area contributed by atoms with E-state index in [2.05, 4.69) is 15.2 Å². The van der Waals surface area contributed by atoms with E-state index < -0.39 is 0 Å². The molecule has 1 spiro atoms. The number of nitrogens with zero attached hydrogens (tertiary/aromatic N) is 3. The first kappa shape index (κ1) is 23.5. The SMILES string of the molecule is CNCCc1c(OC2CC3(C2)CN(CCN=c2ccn(C=N)c(N)c2)C3)ccc(Cl)c1C=O. The van der Waals surface area contributed by atoms with E-state index in [0.29, 0.717) is 28.2 Å². The first-order valence-electron chi connectivity index (χ1n) is 11.3. The van der Waals surface area contributed by atoms with Crippen molar-refractivity contribution < 1.29 is 9.53 Å². The van der Waals surface area contributed by atoms with E-state index in [-0.39, 0.29) is 6.10 Å². The van der Waals surface area contributed by atoms with Gasteiger partial charge in [0.05, 0.1) is 29.4 Å². The van der Waals surface area contributed by atoms with E-state index in [1.165, 1.54) is 6.34 Å². The van der Waals surface area contributed by atoms with Crippen molar-refractivity contribution in [1.82, 2.24) is 14.8 Å². The lowest BCUT2D eigenvalue weighted by Gasteiger charge is -2.58. The molecular formula is C24H31ClN6O2. The number of likely N-dealkylation sites (N-methyl/N-ethyl adjacent to an activating group) is 1. The van der Waals surface area contributed by atoms with Crippen molar-refractivity contribution >= 4 is 30.0 Å². The summed E-state index contributed by atoms with van der Waals surface area (Å²) in [6, 6.07) is 7.29. The second kappa shape index (κ2) is 10.1. The van der Waals surface area contributed by atoms with Gasteiger partial charge in [-0.2, -0.15) is 0 Å². The highest BCUT2D eigenvalue weighted by Gasteiger charge is 2.53. The second-order valence-electron chi connectivity index (χ2n) is 9.00. The molecule has 4 N–H and O–H groups in total. The minimum Gasteiger partial charge on any atom is -0.490 e. The van der Waals surface area contributed by atoms with Gasteiger partial charge in [-0.15, -0.1) is 0 Å².